The minimum atomic E-state index is -3.77. The SMILES string of the molecule is C=CCNC(=O)C(=O)C(CC1CC1)NC(=O)[C@@H]1[C@@H]2[C@H](CN1C(=O)[C@@H](NC(=O)N[C@H](CS(=O)(=O)N(C)C(C)(C)C)C(C)(C)C)C(C)(C)C)C2(C)C. The Morgan fingerprint density at radius 3 is 2.00 bits per heavy atom. The fourth-order valence-corrected chi connectivity index (χ4v) is 8.86. The van der Waals surface area contributed by atoms with Gasteiger partial charge in [-0.25, -0.2) is 13.2 Å². The third-order valence-corrected chi connectivity index (χ3v) is 12.9. The summed E-state index contributed by atoms with van der Waals surface area (Å²) in [5.41, 5.74) is -2.32. The molecule has 3 fully saturated rings. The second-order valence-corrected chi connectivity index (χ2v) is 20.3. The summed E-state index contributed by atoms with van der Waals surface area (Å²) in [5, 5.41) is 11.0. The zero-order valence-corrected chi connectivity index (χ0v) is 33.0. The number of Topliss-reactive ketones (excluding diaryl/α,β-unsaturated/α-hetero) is 1. The maximum Gasteiger partial charge on any atom is 0.315 e. The summed E-state index contributed by atoms with van der Waals surface area (Å²) in [5.74, 6) is -2.70. The Morgan fingerprint density at radius 2 is 1.52 bits per heavy atom. The van der Waals surface area contributed by atoms with E-state index in [0.29, 0.717) is 13.0 Å². The van der Waals surface area contributed by atoms with Gasteiger partial charge in [-0.2, -0.15) is 4.31 Å². The first-order chi connectivity index (χ1) is 22.6. The molecule has 0 radical (unpaired) electrons. The monoisotopic (exact) mass is 722 g/mol. The van der Waals surface area contributed by atoms with Crippen molar-refractivity contribution >= 4 is 39.6 Å². The van der Waals surface area contributed by atoms with Gasteiger partial charge in [0.2, 0.25) is 27.6 Å². The minimum absolute atomic E-state index is 0.0420. The van der Waals surface area contributed by atoms with Crippen LogP contribution in [0.1, 0.15) is 95.4 Å². The number of sulfonamides is 1. The Balaban J connectivity index is 1.84. The number of hydrogen-bond donors (Lipinski definition) is 4. The molecular formula is C36H62N6O7S. The first-order valence-corrected chi connectivity index (χ1v) is 19.3. The van der Waals surface area contributed by atoms with Gasteiger partial charge in [-0.1, -0.05) is 74.3 Å². The van der Waals surface area contributed by atoms with Crippen molar-refractivity contribution in [2.24, 2.45) is 34.0 Å². The molecule has 5 amide bonds. The van der Waals surface area contributed by atoms with E-state index in [4.69, 9.17) is 0 Å². The number of hydrogen-bond acceptors (Lipinski definition) is 7. The van der Waals surface area contributed by atoms with Crippen molar-refractivity contribution in [2.45, 2.75) is 125 Å². The lowest BCUT2D eigenvalue weighted by molar-refractivity contribution is -0.145. The van der Waals surface area contributed by atoms with Gasteiger partial charge in [-0.15, -0.1) is 6.58 Å². The van der Waals surface area contributed by atoms with Crippen LogP contribution in [-0.4, -0.2) is 103 Å². The fourth-order valence-electron chi connectivity index (χ4n) is 6.79. The summed E-state index contributed by atoms with van der Waals surface area (Å²) >= 11 is 0. The van der Waals surface area contributed by atoms with Crippen molar-refractivity contribution in [3.8, 4) is 0 Å². The lowest BCUT2D eigenvalue weighted by Crippen LogP contribution is -2.62. The Labute approximate surface area is 299 Å². The zero-order valence-electron chi connectivity index (χ0n) is 32.2. The van der Waals surface area contributed by atoms with E-state index in [1.165, 1.54) is 22.3 Å². The van der Waals surface area contributed by atoms with Crippen LogP contribution < -0.4 is 21.3 Å². The van der Waals surface area contributed by atoms with Gasteiger partial charge in [0.25, 0.3) is 5.91 Å². The molecule has 284 valence electrons. The third-order valence-electron chi connectivity index (χ3n) is 10.8. The van der Waals surface area contributed by atoms with Crippen LogP contribution in [-0.2, 0) is 29.2 Å². The quantitative estimate of drug-likeness (QED) is 0.158. The van der Waals surface area contributed by atoms with Crippen molar-refractivity contribution in [2.75, 3.05) is 25.9 Å². The van der Waals surface area contributed by atoms with E-state index in [1.54, 1.807) is 20.8 Å². The Morgan fingerprint density at radius 1 is 0.940 bits per heavy atom. The van der Waals surface area contributed by atoms with Crippen molar-refractivity contribution in [3.05, 3.63) is 12.7 Å². The summed E-state index contributed by atoms with van der Waals surface area (Å²) in [4.78, 5) is 69.4. The number of likely N-dealkylation sites (tertiary alicyclic amines) is 1. The van der Waals surface area contributed by atoms with Gasteiger partial charge in [0, 0.05) is 25.7 Å². The summed E-state index contributed by atoms with van der Waals surface area (Å²) in [6, 6.07) is -4.48. The van der Waals surface area contributed by atoms with Crippen LogP contribution >= 0.6 is 0 Å². The second kappa shape index (κ2) is 14.6. The maximum absolute atomic E-state index is 14.4. The van der Waals surface area contributed by atoms with E-state index in [2.05, 4.69) is 27.8 Å². The number of carbonyl (C=O) groups is 5. The topological polar surface area (TPSA) is 174 Å². The fraction of sp³-hybridized carbons (Fsp3) is 0.806. The number of rotatable bonds is 14. The van der Waals surface area contributed by atoms with Crippen LogP contribution in [0.25, 0.3) is 0 Å². The van der Waals surface area contributed by atoms with E-state index in [-0.39, 0.29) is 35.5 Å². The molecular weight excluding hydrogens is 660 g/mol. The van der Waals surface area contributed by atoms with Crippen LogP contribution in [0.2, 0.25) is 0 Å². The molecule has 2 saturated carbocycles. The standard InChI is InChI=1S/C36H62N6O7S/c1-14-17-37-30(45)27(43)23(18-21-15-16-21)38-29(44)26-25-22(36(25,11)12)19-42(26)31(46)28(34(5,6)7)40-32(47)39-24(33(2,3)4)20-50(48,49)41(13)35(8,9)10/h14,21-26,28H,1,15-20H2,2-13H3,(H,37,45)(H,38,44)(H2,39,40,47)/t22-,23?,24+,25-,26-,28+/m0/s1. The molecule has 1 heterocycles. The number of piperidine rings is 1. The molecule has 1 aliphatic heterocycles. The van der Waals surface area contributed by atoms with Crippen LogP contribution in [0.3, 0.4) is 0 Å². The smallest absolute Gasteiger partial charge is 0.315 e. The van der Waals surface area contributed by atoms with Crippen molar-refractivity contribution in [1.29, 1.82) is 0 Å². The predicted molar refractivity (Wildman–Crippen MR) is 193 cm³/mol. The molecule has 4 N–H and O–H groups in total. The van der Waals surface area contributed by atoms with Gasteiger partial charge in [-0.05, 0) is 61.2 Å². The molecule has 50 heavy (non-hydrogen) atoms. The number of fused-ring (bicyclic) bond motifs is 1. The molecule has 0 aromatic carbocycles. The average Bonchev–Trinajstić information content (AvgIpc) is 3.82. The number of carbonyl (C=O) groups excluding carboxylic acids is 5. The Bertz CT molecular complexity index is 1450. The first kappa shape index (κ1) is 41.4. The summed E-state index contributed by atoms with van der Waals surface area (Å²) in [6.45, 7) is 24.4. The van der Waals surface area contributed by atoms with Crippen molar-refractivity contribution < 1.29 is 32.4 Å². The number of urea groups is 1. The average molecular weight is 723 g/mol. The number of ketones is 1. The number of amides is 5. The molecule has 2 aliphatic carbocycles. The Hall–Kier alpha value is -3.00. The van der Waals surface area contributed by atoms with Crippen LogP contribution in [0.5, 0.6) is 0 Å². The molecule has 13 nitrogen and oxygen atoms in total. The van der Waals surface area contributed by atoms with Crippen LogP contribution in [0, 0.1) is 34.0 Å². The van der Waals surface area contributed by atoms with E-state index >= 15 is 0 Å². The van der Waals surface area contributed by atoms with Crippen molar-refractivity contribution in [1.82, 2.24) is 30.5 Å². The second-order valence-electron chi connectivity index (χ2n) is 18.2. The molecule has 0 bridgehead atoms. The normalized spacial score (nSPS) is 23.6. The van der Waals surface area contributed by atoms with Gasteiger partial charge < -0.3 is 26.2 Å². The zero-order chi connectivity index (χ0) is 38.4. The van der Waals surface area contributed by atoms with Gasteiger partial charge >= 0.3 is 6.03 Å². The van der Waals surface area contributed by atoms with E-state index in [0.717, 1.165) is 12.8 Å². The van der Waals surface area contributed by atoms with Gasteiger partial charge in [0.05, 0.1) is 17.8 Å². The van der Waals surface area contributed by atoms with Gasteiger partial charge in [0.1, 0.15) is 12.1 Å². The molecule has 0 aromatic heterocycles. The summed E-state index contributed by atoms with van der Waals surface area (Å²) < 4.78 is 28.0. The molecule has 0 spiro atoms. The van der Waals surface area contributed by atoms with Crippen LogP contribution in [0.4, 0.5) is 4.79 Å². The maximum atomic E-state index is 14.4. The number of nitrogens with one attached hydrogen (secondary N) is 4. The highest BCUT2D eigenvalue weighted by atomic mass is 32.2. The van der Waals surface area contributed by atoms with Crippen LogP contribution in [0.15, 0.2) is 12.7 Å². The molecule has 14 heteroatoms. The number of nitrogens with zero attached hydrogens (tertiary/aromatic N) is 2. The molecule has 3 rings (SSSR count). The van der Waals surface area contributed by atoms with Gasteiger partial charge in [0.15, 0.2) is 0 Å². The van der Waals surface area contributed by atoms with Gasteiger partial charge in [-0.3, -0.25) is 19.2 Å². The highest BCUT2D eigenvalue weighted by molar-refractivity contribution is 7.89. The van der Waals surface area contributed by atoms with Crippen molar-refractivity contribution in [3.63, 3.8) is 0 Å². The van der Waals surface area contributed by atoms with E-state index in [9.17, 15) is 32.4 Å². The minimum Gasteiger partial charge on any atom is -0.346 e. The summed E-state index contributed by atoms with van der Waals surface area (Å²) in [6.07, 6.45) is 3.63. The molecule has 3 aliphatic rings. The summed E-state index contributed by atoms with van der Waals surface area (Å²) in [7, 11) is -2.26. The molecule has 1 unspecified atom stereocenters. The molecule has 1 saturated heterocycles. The highest BCUT2D eigenvalue weighted by Gasteiger charge is 2.70. The third kappa shape index (κ3) is 9.65. The molecule has 0 aromatic rings. The highest BCUT2D eigenvalue weighted by Crippen LogP contribution is 2.65. The largest absolute Gasteiger partial charge is 0.346 e. The molecule has 6 atom stereocenters. The first-order valence-electron chi connectivity index (χ1n) is 17.7. The van der Waals surface area contributed by atoms with E-state index in [1.807, 2.05) is 55.4 Å². The predicted octanol–water partition coefficient (Wildman–Crippen LogP) is 2.81. The lowest BCUT2D eigenvalue weighted by atomic mass is 9.85. The van der Waals surface area contributed by atoms with E-state index < -0.39 is 80.1 Å². The Kier molecular flexibility index (Phi) is 12.1. The lowest BCUT2D eigenvalue weighted by Gasteiger charge is -2.39.